The highest BCUT2D eigenvalue weighted by Crippen LogP contribution is 2.44. The number of pyridine rings is 1. The van der Waals surface area contributed by atoms with Gasteiger partial charge in [0, 0.05) is 77.6 Å². The summed E-state index contributed by atoms with van der Waals surface area (Å²) in [6, 6.07) is 195. The molecule has 21 aromatic carbocycles. The molecule has 0 aliphatic heterocycles. The van der Waals surface area contributed by atoms with Crippen LogP contribution in [-0.2, 0) is 0 Å². The van der Waals surface area contributed by atoms with Crippen LogP contribution in [0.15, 0.2) is 540 Å². The number of para-hydroxylation sites is 6. The van der Waals surface area contributed by atoms with Gasteiger partial charge in [0.05, 0.1) is 44.5 Å². The van der Waals surface area contributed by atoms with E-state index in [2.05, 4.69) is 559 Å². The minimum atomic E-state index is 0.919. The van der Waals surface area contributed by atoms with Crippen LogP contribution >= 0.6 is 0 Å². The molecule has 4 heterocycles. The van der Waals surface area contributed by atoms with E-state index in [9.17, 15) is 0 Å². The molecular formula is C131H89N5. The number of benzene rings is 21. The maximum Gasteiger partial charge on any atom is 0.0716 e. The molecule has 0 bridgehead atoms. The summed E-state index contributed by atoms with van der Waals surface area (Å²) in [4.78, 5) is 7.84. The highest BCUT2D eigenvalue weighted by Gasteiger charge is 2.22. The smallest absolute Gasteiger partial charge is 0.0716 e. The summed E-state index contributed by atoms with van der Waals surface area (Å²) in [6.45, 7) is 0. The van der Waals surface area contributed by atoms with Gasteiger partial charge in [-0.25, -0.2) is 4.98 Å². The fraction of sp³-hybridized carbons (Fsp3) is 0. The van der Waals surface area contributed by atoms with Crippen LogP contribution in [0.3, 0.4) is 0 Å². The Kier molecular flexibility index (Phi) is 21.3. The molecule has 0 unspecified atom stereocenters. The molecule has 0 atom stereocenters. The zero-order valence-corrected chi connectivity index (χ0v) is 74.6. The van der Waals surface area contributed by atoms with Crippen molar-refractivity contribution in [2.75, 3.05) is 4.90 Å². The second-order valence-corrected chi connectivity index (χ2v) is 34.9. The third-order valence-corrected chi connectivity index (χ3v) is 26.7. The summed E-state index contributed by atoms with van der Waals surface area (Å²) in [7, 11) is 0. The molecule has 0 aliphatic carbocycles. The van der Waals surface area contributed by atoms with E-state index < -0.39 is 0 Å². The quantitative estimate of drug-likeness (QED) is 0.0857. The van der Waals surface area contributed by atoms with Crippen LogP contribution in [-0.4, -0.2) is 18.7 Å². The molecule has 0 amide bonds. The van der Waals surface area contributed by atoms with Crippen LogP contribution < -0.4 is 4.90 Å². The van der Waals surface area contributed by atoms with Crippen molar-refractivity contribution >= 4 is 82.5 Å². The van der Waals surface area contributed by atoms with Crippen molar-refractivity contribution in [1.82, 2.24) is 18.7 Å². The first-order chi connectivity index (χ1) is 67.4. The molecule has 0 radical (unpaired) electrons. The van der Waals surface area contributed by atoms with Gasteiger partial charge in [-0.2, -0.15) is 0 Å². The molecule has 4 aromatic heterocycles. The standard InChI is InChI=1S/C72H50N2.C59H39N3/c1-3-16-51(17-4-1)56-20-11-24-60(46-56)62-26-13-22-58(48-62)53-34-40-65(41-35-53)73(66-42-36-54(37-43-66)59-23-14-27-63(49-59)61-25-12-21-57(47-61)52-18-5-2-6-19-52)67-44-38-55(39-45-67)64-28-15-29-68(50-64)74-71-32-9-7-30-69(71)70-31-8-10-33-72(70)74;1-2-15-40(16-3-1)43-17-12-18-44(35-43)41-31-33-42(34-32-41)47-38-54(45-19-13-21-48(36-45)61-56-27-8-4-23-50(56)51-24-5-9-28-57(51)61)60-55(39-47)46-20-14-22-49(37-46)62-58-29-10-6-25-52(58)53-26-7-11-30-59(53)62/h1-50H;1-39H. The number of hydrogen-bond acceptors (Lipinski definition) is 2. The lowest BCUT2D eigenvalue weighted by Gasteiger charge is -2.26. The molecule has 0 N–H and O–H groups in total. The van der Waals surface area contributed by atoms with E-state index in [0.717, 1.165) is 84.5 Å². The van der Waals surface area contributed by atoms with Gasteiger partial charge in [0.2, 0.25) is 0 Å². The lowest BCUT2D eigenvalue weighted by Crippen LogP contribution is -2.09. The fourth-order valence-corrected chi connectivity index (χ4v) is 20.0. The predicted molar refractivity (Wildman–Crippen MR) is 574 cm³/mol. The van der Waals surface area contributed by atoms with Gasteiger partial charge < -0.3 is 18.6 Å². The van der Waals surface area contributed by atoms with Gasteiger partial charge in [-0.05, 0) is 263 Å². The number of nitrogens with zero attached hydrogens (tertiary/aromatic N) is 5. The predicted octanol–water partition coefficient (Wildman–Crippen LogP) is 35.5. The number of hydrogen-bond donors (Lipinski definition) is 0. The van der Waals surface area contributed by atoms with Crippen LogP contribution in [0.4, 0.5) is 17.1 Å². The summed E-state index contributed by atoms with van der Waals surface area (Å²) < 4.78 is 7.14. The molecule has 0 spiro atoms. The zero-order chi connectivity index (χ0) is 90.2. The first-order valence-corrected chi connectivity index (χ1v) is 46.6. The second-order valence-electron chi connectivity index (χ2n) is 34.9. The Labute approximate surface area is 791 Å². The van der Waals surface area contributed by atoms with Gasteiger partial charge in [-0.3, -0.25) is 0 Å². The van der Waals surface area contributed by atoms with E-state index in [1.54, 1.807) is 0 Å². The van der Waals surface area contributed by atoms with Crippen molar-refractivity contribution in [2.45, 2.75) is 0 Å². The van der Waals surface area contributed by atoms with Gasteiger partial charge in [0.15, 0.2) is 0 Å². The monoisotopic (exact) mass is 1730 g/mol. The third-order valence-electron chi connectivity index (χ3n) is 26.7. The molecular weight excluding hydrogens is 1640 g/mol. The van der Waals surface area contributed by atoms with Gasteiger partial charge in [0.25, 0.3) is 0 Å². The Morgan fingerprint density at radius 2 is 0.301 bits per heavy atom. The second kappa shape index (κ2) is 35.7. The molecule has 25 rings (SSSR count). The zero-order valence-electron chi connectivity index (χ0n) is 74.6. The van der Waals surface area contributed by atoms with Crippen LogP contribution in [0.1, 0.15) is 0 Å². The summed E-state index contributed by atoms with van der Waals surface area (Å²) in [5.74, 6) is 0. The minimum Gasteiger partial charge on any atom is -0.311 e. The summed E-state index contributed by atoms with van der Waals surface area (Å²) in [5.41, 5.74) is 41.4. The molecule has 5 nitrogen and oxygen atoms in total. The molecule has 25 aromatic rings. The maximum atomic E-state index is 5.48. The topological polar surface area (TPSA) is 30.9 Å². The van der Waals surface area contributed by atoms with Crippen molar-refractivity contribution in [2.24, 2.45) is 0 Å². The van der Waals surface area contributed by atoms with E-state index in [1.165, 1.54) is 149 Å². The van der Waals surface area contributed by atoms with Crippen LogP contribution in [0.25, 0.3) is 216 Å². The van der Waals surface area contributed by atoms with Crippen molar-refractivity contribution in [1.29, 1.82) is 0 Å². The van der Waals surface area contributed by atoms with E-state index in [4.69, 9.17) is 4.98 Å². The Bertz CT molecular complexity index is 8240. The number of aromatic nitrogens is 4. The van der Waals surface area contributed by atoms with E-state index in [0.29, 0.717) is 0 Å². The first kappa shape index (κ1) is 81.2. The number of fused-ring (bicyclic) bond motifs is 9. The first-order valence-electron chi connectivity index (χ1n) is 46.6. The normalized spacial score (nSPS) is 11.4. The maximum absolute atomic E-state index is 5.48. The molecule has 136 heavy (non-hydrogen) atoms. The lowest BCUT2D eigenvalue weighted by atomic mass is 9.96. The van der Waals surface area contributed by atoms with Crippen molar-refractivity contribution < 1.29 is 0 Å². The van der Waals surface area contributed by atoms with Gasteiger partial charge in [0.1, 0.15) is 0 Å². The SMILES string of the molecule is c1ccc(-c2cccc(-c3ccc(-c4cc(-c5cccc(-n6c7ccccc7c7ccccc76)c5)nc(-c5cccc(-n6c7ccccc7c7ccccc76)c5)c4)cc3)c2)cc1.c1ccc(-c2cccc(-c3cccc(-c4ccc(N(c5ccc(-c6cccc(-c7cccc(-c8ccccc8)c7)c6)cc5)c5ccc(-c6cccc(-n7c8ccccc8c8ccccc87)c6)cc5)cc4)c3)c2)cc1. The van der Waals surface area contributed by atoms with Crippen molar-refractivity contribution in [3.05, 3.63) is 540 Å². The van der Waals surface area contributed by atoms with Crippen LogP contribution in [0.5, 0.6) is 0 Å². The van der Waals surface area contributed by atoms with E-state index in [-0.39, 0.29) is 0 Å². The molecule has 5 heteroatoms. The van der Waals surface area contributed by atoms with Gasteiger partial charge in [-0.1, -0.05) is 388 Å². The molecule has 0 fully saturated rings. The lowest BCUT2D eigenvalue weighted by molar-refractivity contribution is 1.17. The molecule has 0 aliphatic rings. The Balaban J connectivity index is 0.000000151. The average Bonchev–Trinajstić information content (AvgIpc) is 1.60. The molecule has 638 valence electrons. The van der Waals surface area contributed by atoms with Gasteiger partial charge >= 0.3 is 0 Å². The summed E-state index contributed by atoms with van der Waals surface area (Å²) in [5, 5.41) is 7.50. The average molecular weight is 1730 g/mol. The van der Waals surface area contributed by atoms with Crippen molar-refractivity contribution in [3.8, 4) is 151 Å². The summed E-state index contributed by atoms with van der Waals surface area (Å²) >= 11 is 0. The largest absolute Gasteiger partial charge is 0.311 e. The Hall–Kier alpha value is -18.0. The van der Waals surface area contributed by atoms with E-state index in [1.807, 2.05) is 0 Å². The van der Waals surface area contributed by atoms with Crippen LogP contribution in [0.2, 0.25) is 0 Å². The fourth-order valence-electron chi connectivity index (χ4n) is 20.0. The number of anilines is 3. The highest BCUT2D eigenvalue weighted by atomic mass is 15.1. The van der Waals surface area contributed by atoms with Gasteiger partial charge in [-0.15, -0.1) is 0 Å². The Morgan fingerprint density at radius 3 is 0.559 bits per heavy atom. The number of rotatable bonds is 18. The van der Waals surface area contributed by atoms with Crippen molar-refractivity contribution in [3.63, 3.8) is 0 Å². The summed E-state index contributed by atoms with van der Waals surface area (Å²) in [6.07, 6.45) is 0. The minimum absolute atomic E-state index is 0.919. The Morgan fingerprint density at radius 1 is 0.125 bits per heavy atom. The highest BCUT2D eigenvalue weighted by molar-refractivity contribution is 6.12. The molecule has 0 saturated heterocycles. The third kappa shape index (κ3) is 15.8. The molecule has 0 saturated carbocycles. The van der Waals surface area contributed by atoms with E-state index >= 15 is 0 Å². The van der Waals surface area contributed by atoms with Crippen LogP contribution in [0, 0.1) is 0 Å².